The van der Waals surface area contributed by atoms with Crippen LogP contribution in [0.5, 0.6) is 0 Å². The molecule has 1 fully saturated rings. The topological polar surface area (TPSA) is 92.3 Å². The molecule has 2 aromatic heterocycles. The number of anilines is 2. The molecule has 4 heterocycles. The Bertz CT molecular complexity index is 869. The van der Waals surface area contributed by atoms with Gasteiger partial charge < -0.3 is 15.0 Å². The number of carbonyl (C=O) groups excluding carboxylic acids is 1. The Labute approximate surface area is 158 Å². The highest BCUT2D eigenvalue weighted by molar-refractivity contribution is 7.18. The molecule has 27 heavy (non-hydrogen) atoms. The molecule has 2 unspecified atom stereocenters. The number of nitrogens with one attached hydrogen (secondary N) is 2. The van der Waals surface area contributed by atoms with Crippen LogP contribution in [-0.2, 0) is 4.74 Å². The van der Waals surface area contributed by atoms with Crippen molar-refractivity contribution in [3.63, 3.8) is 0 Å². The second kappa shape index (κ2) is 6.98. The molecule has 2 aromatic rings. The molecule has 0 bridgehead atoms. The van der Waals surface area contributed by atoms with Crippen molar-refractivity contribution in [2.24, 2.45) is 0 Å². The number of hydrogen-bond acceptors (Lipinski definition) is 7. The number of aromatic nitrogens is 3. The van der Waals surface area contributed by atoms with Gasteiger partial charge in [-0.1, -0.05) is 15.3 Å². The molecule has 0 spiro atoms. The molecule has 2 N–H and O–H groups in total. The lowest BCUT2D eigenvalue weighted by molar-refractivity contribution is 0.0386. The normalized spacial score (nSPS) is 21.7. The standard InChI is InChI=1S/C17H20FN6O2P/c1-17(18,27)14-12-13(20-9-21-15(12)23-16(25)26-14)10-3-2-4-11(22-10)24-7-5-19-6-8-24/h2-4,9,14,19H,5-8,27H2,1H3,(H,20,21,23,25)/t14-,17?/m1/s1. The van der Waals surface area contributed by atoms with Gasteiger partial charge in [0.2, 0.25) is 0 Å². The Morgan fingerprint density at radius 3 is 2.85 bits per heavy atom. The first-order valence-corrected chi connectivity index (χ1v) is 9.24. The van der Waals surface area contributed by atoms with Gasteiger partial charge >= 0.3 is 6.09 Å². The number of alkyl halides is 1. The van der Waals surface area contributed by atoms with Gasteiger partial charge in [0.05, 0.1) is 11.3 Å². The zero-order valence-electron chi connectivity index (χ0n) is 14.8. The van der Waals surface area contributed by atoms with Crippen molar-refractivity contribution in [3.05, 3.63) is 30.1 Å². The summed E-state index contributed by atoms with van der Waals surface area (Å²) in [6, 6.07) is 5.63. The average Bonchev–Trinajstić information content (AvgIpc) is 2.67. The smallest absolute Gasteiger partial charge is 0.413 e. The second-order valence-corrected chi connectivity index (χ2v) is 7.79. The molecule has 1 amide bonds. The number of nitrogens with zero attached hydrogens (tertiary/aromatic N) is 4. The minimum atomic E-state index is -1.89. The fourth-order valence-corrected chi connectivity index (χ4v) is 3.50. The van der Waals surface area contributed by atoms with Gasteiger partial charge in [0.25, 0.3) is 0 Å². The maximum atomic E-state index is 14.8. The summed E-state index contributed by atoms with van der Waals surface area (Å²) >= 11 is 0. The van der Waals surface area contributed by atoms with Crippen LogP contribution in [0.4, 0.5) is 20.8 Å². The summed E-state index contributed by atoms with van der Waals surface area (Å²) in [5, 5.41) is 3.94. The van der Waals surface area contributed by atoms with Gasteiger partial charge in [0.15, 0.2) is 11.5 Å². The van der Waals surface area contributed by atoms with E-state index >= 15 is 0 Å². The van der Waals surface area contributed by atoms with E-state index in [1.807, 2.05) is 12.1 Å². The van der Waals surface area contributed by atoms with Crippen molar-refractivity contribution < 1.29 is 13.9 Å². The van der Waals surface area contributed by atoms with E-state index in [4.69, 9.17) is 9.72 Å². The number of rotatable bonds is 3. The summed E-state index contributed by atoms with van der Waals surface area (Å²) in [6.45, 7) is 4.82. The van der Waals surface area contributed by atoms with Crippen LogP contribution in [0, 0.1) is 0 Å². The van der Waals surface area contributed by atoms with Gasteiger partial charge in [-0.25, -0.2) is 24.1 Å². The second-order valence-electron chi connectivity index (χ2n) is 6.66. The zero-order valence-corrected chi connectivity index (χ0v) is 15.9. The van der Waals surface area contributed by atoms with Crippen molar-refractivity contribution in [3.8, 4) is 11.4 Å². The molecule has 0 aliphatic carbocycles. The molecule has 0 aromatic carbocycles. The molecule has 0 radical (unpaired) electrons. The monoisotopic (exact) mass is 390 g/mol. The van der Waals surface area contributed by atoms with E-state index in [-0.39, 0.29) is 5.82 Å². The van der Waals surface area contributed by atoms with Gasteiger partial charge in [-0.3, -0.25) is 5.32 Å². The fourth-order valence-electron chi connectivity index (χ4n) is 3.26. The number of fused-ring (bicyclic) bond motifs is 1. The summed E-state index contributed by atoms with van der Waals surface area (Å²) in [5.41, 5.74) is 1.39. The maximum Gasteiger partial charge on any atom is 0.413 e. The molecule has 2 aliphatic heterocycles. The number of amides is 1. The van der Waals surface area contributed by atoms with Crippen LogP contribution in [0.2, 0.25) is 0 Å². The molecule has 142 valence electrons. The summed E-state index contributed by atoms with van der Waals surface area (Å²) < 4.78 is 20.0. The van der Waals surface area contributed by atoms with E-state index in [2.05, 4.69) is 34.7 Å². The lowest BCUT2D eigenvalue weighted by atomic mass is 10.0. The third kappa shape index (κ3) is 3.57. The molecular weight excluding hydrogens is 370 g/mol. The van der Waals surface area contributed by atoms with E-state index in [1.165, 1.54) is 13.3 Å². The molecule has 1 saturated heterocycles. The third-order valence-corrected chi connectivity index (χ3v) is 4.82. The number of pyridine rings is 1. The molecule has 3 atom stereocenters. The van der Waals surface area contributed by atoms with Gasteiger partial charge in [-0.05, 0) is 19.1 Å². The van der Waals surface area contributed by atoms with Crippen LogP contribution in [0.1, 0.15) is 18.6 Å². The average molecular weight is 390 g/mol. The maximum absolute atomic E-state index is 14.8. The quantitative estimate of drug-likeness (QED) is 0.776. The number of piperazine rings is 1. The number of cyclic esters (lactones) is 1. The highest BCUT2D eigenvalue weighted by Crippen LogP contribution is 2.45. The van der Waals surface area contributed by atoms with Crippen molar-refractivity contribution >= 4 is 27.0 Å². The lowest BCUT2D eigenvalue weighted by Gasteiger charge is -2.32. The van der Waals surface area contributed by atoms with Gasteiger partial charge in [-0.2, -0.15) is 0 Å². The Kier molecular flexibility index (Phi) is 4.65. The number of carbonyl (C=O) groups is 1. The summed E-state index contributed by atoms with van der Waals surface area (Å²) in [7, 11) is 2.07. The van der Waals surface area contributed by atoms with Crippen molar-refractivity contribution in [2.45, 2.75) is 18.4 Å². The zero-order chi connectivity index (χ0) is 19.0. The van der Waals surface area contributed by atoms with Crippen LogP contribution in [0.3, 0.4) is 0 Å². The fraction of sp³-hybridized carbons (Fsp3) is 0.412. The first-order valence-electron chi connectivity index (χ1n) is 8.67. The first-order chi connectivity index (χ1) is 12.9. The first kappa shape index (κ1) is 18.0. The molecule has 8 nitrogen and oxygen atoms in total. The van der Waals surface area contributed by atoms with Gasteiger partial charge in [-0.15, -0.1) is 0 Å². The molecule has 2 aliphatic rings. The van der Waals surface area contributed by atoms with Gasteiger partial charge in [0, 0.05) is 26.2 Å². The minimum Gasteiger partial charge on any atom is -0.437 e. The van der Waals surface area contributed by atoms with Crippen molar-refractivity contribution in [2.75, 3.05) is 36.4 Å². The highest BCUT2D eigenvalue weighted by atomic mass is 31.0. The number of ether oxygens (including phenoxy) is 1. The molecule has 0 saturated carbocycles. The Morgan fingerprint density at radius 2 is 2.11 bits per heavy atom. The van der Waals surface area contributed by atoms with Crippen molar-refractivity contribution in [1.82, 2.24) is 20.3 Å². The Hall–Kier alpha value is -2.38. The Balaban J connectivity index is 1.79. The lowest BCUT2D eigenvalue weighted by Crippen LogP contribution is -2.43. The van der Waals surface area contributed by atoms with E-state index in [0.717, 1.165) is 32.0 Å². The number of hydrogen-bond donors (Lipinski definition) is 2. The largest absolute Gasteiger partial charge is 0.437 e. The van der Waals surface area contributed by atoms with E-state index < -0.39 is 17.6 Å². The van der Waals surface area contributed by atoms with Crippen LogP contribution in [-0.4, -0.2) is 52.6 Å². The highest BCUT2D eigenvalue weighted by Gasteiger charge is 2.42. The van der Waals surface area contributed by atoms with Crippen LogP contribution in [0.15, 0.2) is 24.5 Å². The Morgan fingerprint density at radius 1 is 1.33 bits per heavy atom. The summed E-state index contributed by atoms with van der Waals surface area (Å²) in [4.78, 5) is 27.1. The summed E-state index contributed by atoms with van der Waals surface area (Å²) in [6.07, 6.45) is -0.577. The van der Waals surface area contributed by atoms with Gasteiger partial charge in [0.1, 0.15) is 23.7 Å². The third-order valence-electron chi connectivity index (χ3n) is 4.52. The minimum absolute atomic E-state index is 0.238. The predicted octanol–water partition coefficient (Wildman–Crippen LogP) is 2.11. The number of halogens is 1. The van der Waals surface area contributed by atoms with E-state index in [9.17, 15) is 9.18 Å². The molecular formula is C17H20FN6O2P. The van der Waals surface area contributed by atoms with Crippen molar-refractivity contribution in [1.29, 1.82) is 0 Å². The van der Waals surface area contributed by atoms with E-state index in [0.29, 0.717) is 17.0 Å². The van der Waals surface area contributed by atoms with E-state index in [1.54, 1.807) is 6.07 Å². The van der Waals surface area contributed by atoms with Crippen LogP contribution in [0.25, 0.3) is 11.4 Å². The summed E-state index contributed by atoms with van der Waals surface area (Å²) in [5.74, 6) is 1.06. The molecule has 4 rings (SSSR count). The molecule has 10 heteroatoms. The SMILES string of the molecule is CC(F)(P)[C@@H]1OC(=O)Nc2ncnc(-c3cccc(N4CCNCC4)n3)c21. The van der Waals surface area contributed by atoms with Crippen LogP contribution < -0.4 is 15.5 Å². The predicted molar refractivity (Wildman–Crippen MR) is 102 cm³/mol. The van der Waals surface area contributed by atoms with Crippen LogP contribution >= 0.6 is 9.24 Å².